The van der Waals surface area contributed by atoms with Crippen molar-refractivity contribution in [2.24, 2.45) is 0 Å². The van der Waals surface area contributed by atoms with Crippen molar-refractivity contribution in [3.8, 4) is 0 Å². The van der Waals surface area contributed by atoms with Crippen LogP contribution in [-0.2, 0) is 42.8 Å². The first-order valence-corrected chi connectivity index (χ1v) is 10.3. The van der Waals surface area contributed by atoms with E-state index in [-0.39, 0.29) is 18.2 Å². The molecule has 0 N–H and O–H groups in total. The van der Waals surface area contributed by atoms with Gasteiger partial charge in [-0.05, 0) is 0 Å². The molecule has 0 spiro atoms. The highest BCUT2D eigenvalue weighted by Crippen LogP contribution is 2.53. The first kappa shape index (κ1) is 40.5. The minimum atomic E-state index is -7.78. The van der Waals surface area contributed by atoms with Crippen molar-refractivity contribution in [1.82, 2.24) is 0 Å². The summed E-state index contributed by atoms with van der Waals surface area (Å²) in [6, 6.07) is 0. The average molecular weight is 684 g/mol. The molecular weight excluding hydrogens is 669 g/mol. The predicted octanol–water partition coefficient (Wildman–Crippen LogP) is 5.12. The zero-order valence-electron chi connectivity index (χ0n) is 20.8. The van der Waals surface area contributed by atoms with E-state index in [1.165, 1.54) is 0 Å². The van der Waals surface area contributed by atoms with Crippen LogP contribution >= 0.6 is 0 Å². The average Bonchev–Trinajstić information content (AvgIpc) is 2.87. The Morgan fingerprint density at radius 2 is 0.659 bits per heavy atom. The summed E-state index contributed by atoms with van der Waals surface area (Å²) < 4.78 is 228. The lowest BCUT2D eigenvalue weighted by Crippen LogP contribution is -2.67. The summed E-state index contributed by atoms with van der Waals surface area (Å²) in [5.41, 5.74) is 0. The van der Waals surface area contributed by atoms with Gasteiger partial charge in [-0.2, -0.15) is 65.9 Å². The van der Waals surface area contributed by atoms with Crippen LogP contribution < -0.4 is 0 Å². The highest BCUT2D eigenvalue weighted by atomic mass is 19.4. The molecule has 0 radical (unpaired) electrons. The molecule has 0 fully saturated rings. The molecule has 0 aromatic rings. The summed E-state index contributed by atoms with van der Waals surface area (Å²) in [6.45, 7) is -1.49. The topological polar surface area (TPSA) is 107 Å². The van der Waals surface area contributed by atoms with Crippen LogP contribution in [0.25, 0.3) is 0 Å². The number of rotatable bonds is 18. The van der Waals surface area contributed by atoms with Crippen LogP contribution in [-0.4, -0.2) is 86.0 Å². The van der Waals surface area contributed by atoms with Crippen LogP contribution in [0.2, 0.25) is 0 Å². The minimum absolute atomic E-state index is 0.00899. The van der Waals surface area contributed by atoms with Gasteiger partial charge >= 0.3 is 66.2 Å². The second kappa shape index (κ2) is 13.6. The van der Waals surface area contributed by atoms with Crippen LogP contribution in [0.3, 0.4) is 0 Å². The molecule has 0 aliphatic rings. The summed E-state index contributed by atoms with van der Waals surface area (Å²) in [4.78, 5) is 32.6. The maximum absolute atomic E-state index is 14.2. The minimum Gasteiger partial charge on any atom is -0.456 e. The van der Waals surface area contributed by atoms with Crippen LogP contribution in [0, 0.1) is 0 Å². The van der Waals surface area contributed by atoms with Gasteiger partial charge in [-0.1, -0.05) is 19.7 Å². The predicted molar refractivity (Wildman–Crippen MR) is 105 cm³/mol. The summed E-state index contributed by atoms with van der Waals surface area (Å²) in [5.74, 6) is -32.8. The lowest BCUT2D eigenvalue weighted by atomic mass is 10.3. The molecule has 0 bridgehead atoms. The van der Waals surface area contributed by atoms with Crippen molar-refractivity contribution in [3.05, 3.63) is 38.0 Å². The fourth-order valence-electron chi connectivity index (χ4n) is 1.88. The maximum atomic E-state index is 14.2. The molecule has 0 aliphatic carbocycles. The molecule has 0 aliphatic heterocycles. The summed E-state index contributed by atoms with van der Waals surface area (Å²) in [6.07, 6.45) is -29.5. The normalized spacial score (nSPS) is 14.0. The standard InChI is InChI=1S/C20H15F15O9/c1-4-10(36)39-7-13(21,22)17(30,31)42-20(16(27,28)29,43-18(32,33)14(23,24)8-40-11(37)5-2)44-19(34,35)15(25,26)9-41-12(38)6-3/h4-6H,1-3,7-9H2. The van der Waals surface area contributed by atoms with E-state index in [1.54, 1.807) is 0 Å². The van der Waals surface area contributed by atoms with Gasteiger partial charge in [-0.3, -0.25) is 0 Å². The Bertz CT molecular complexity index is 965. The zero-order chi connectivity index (χ0) is 35.2. The van der Waals surface area contributed by atoms with E-state index in [2.05, 4.69) is 48.2 Å². The number of alkyl halides is 15. The van der Waals surface area contributed by atoms with Gasteiger partial charge in [0.05, 0.1) is 0 Å². The van der Waals surface area contributed by atoms with Crippen LogP contribution in [0.15, 0.2) is 38.0 Å². The van der Waals surface area contributed by atoms with Crippen molar-refractivity contribution in [1.29, 1.82) is 0 Å². The van der Waals surface area contributed by atoms with Gasteiger partial charge in [0.2, 0.25) is 0 Å². The molecule has 0 aromatic carbocycles. The van der Waals surface area contributed by atoms with Crippen molar-refractivity contribution < 1.29 is 109 Å². The largest absolute Gasteiger partial charge is 0.473 e. The van der Waals surface area contributed by atoms with Gasteiger partial charge in [0.15, 0.2) is 19.8 Å². The van der Waals surface area contributed by atoms with E-state index < -0.39 is 86.0 Å². The Balaban J connectivity index is 7.20. The quantitative estimate of drug-likeness (QED) is 0.0640. The molecule has 0 rings (SSSR count). The van der Waals surface area contributed by atoms with Gasteiger partial charge in [0, 0.05) is 18.2 Å². The van der Waals surface area contributed by atoms with Gasteiger partial charge < -0.3 is 14.2 Å². The SMILES string of the molecule is C=CC(=O)OCC(F)(F)C(F)(F)OC(OC(F)(F)C(F)(F)COC(=O)C=C)(OC(F)(F)C(F)(F)COC(=O)C=C)C(F)(F)F. The Kier molecular flexibility index (Phi) is 12.5. The number of hydrogen-bond donors (Lipinski definition) is 0. The van der Waals surface area contributed by atoms with Crippen molar-refractivity contribution >= 4 is 17.9 Å². The number of esters is 3. The Morgan fingerprint density at radius 1 is 0.455 bits per heavy atom. The first-order valence-electron chi connectivity index (χ1n) is 10.3. The molecule has 0 atom stereocenters. The van der Waals surface area contributed by atoms with E-state index in [0.29, 0.717) is 0 Å². The van der Waals surface area contributed by atoms with E-state index in [0.717, 1.165) is 0 Å². The van der Waals surface area contributed by atoms with Gasteiger partial charge in [0.25, 0.3) is 0 Å². The van der Waals surface area contributed by atoms with Gasteiger partial charge in [-0.25, -0.2) is 28.6 Å². The van der Waals surface area contributed by atoms with Crippen molar-refractivity contribution in [2.45, 2.75) is 48.2 Å². The third kappa shape index (κ3) is 9.73. The summed E-state index contributed by atoms with van der Waals surface area (Å²) in [7, 11) is 0. The highest BCUT2D eigenvalue weighted by molar-refractivity contribution is 5.81. The molecule has 0 saturated heterocycles. The zero-order valence-corrected chi connectivity index (χ0v) is 20.8. The highest BCUT2D eigenvalue weighted by Gasteiger charge is 2.79. The molecular formula is C20H15F15O9. The third-order valence-corrected chi connectivity index (χ3v) is 4.10. The Morgan fingerprint density at radius 3 is 0.818 bits per heavy atom. The fraction of sp³-hybridized carbons (Fsp3) is 0.550. The van der Waals surface area contributed by atoms with Crippen LogP contribution in [0.4, 0.5) is 65.9 Å². The van der Waals surface area contributed by atoms with Crippen molar-refractivity contribution in [3.63, 3.8) is 0 Å². The molecule has 9 nitrogen and oxygen atoms in total. The molecule has 44 heavy (non-hydrogen) atoms. The first-order chi connectivity index (χ1) is 19.5. The number of carbonyl (C=O) groups excluding carboxylic acids is 3. The second-order valence-electron chi connectivity index (χ2n) is 7.46. The van der Waals surface area contributed by atoms with Gasteiger partial charge in [0.1, 0.15) is 0 Å². The number of carbonyl (C=O) groups is 3. The Labute approximate surface area is 233 Å². The third-order valence-electron chi connectivity index (χ3n) is 4.10. The molecule has 0 amide bonds. The number of ether oxygens (including phenoxy) is 6. The molecule has 0 heterocycles. The molecule has 0 saturated carbocycles. The summed E-state index contributed by atoms with van der Waals surface area (Å²) >= 11 is 0. The monoisotopic (exact) mass is 684 g/mol. The van der Waals surface area contributed by atoms with Gasteiger partial charge in [-0.15, -0.1) is 0 Å². The maximum Gasteiger partial charge on any atom is 0.473 e. The molecule has 254 valence electrons. The molecule has 0 unspecified atom stereocenters. The van der Waals surface area contributed by atoms with E-state index >= 15 is 0 Å². The smallest absolute Gasteiger partial charge is 0.456 e. The van der Waals surface area contributed by atoms with E-state index in [4.69, 9.17) is 0 Å². The van der Waals surface area contributed by atoms with Crippen LogP contribution in [0.1, 0.15) is 0 Å². The number of halogens is 15. The second-order valence-corrected chi connectivity index (χ2v) is 7.46. The van der Waals surface area contributed by atoms with E-state index in [1.807, 2.05) is 0 Å². The number of hydrogen-bond acceptors (Lipinski definition) is 9. The molecule has 24 heteroatoms. The summed E-state index contributed by atoms with van der Waals surface area (Å²) in [5, 5.41) is 0. The Hall–Kier alpha value is -3.54. The lowest BCUT2D eigenvalue weighted by Gasteiger charge is -2.42. The fourth-order valence-corrected chi connectivity index (χ4v) is 1.88. The van der Waals surface area contributed by atoms with Crippen LogP contribution in [0.5, 0.6) is 0 Å². The molecule has 0 aromatic heterocycles. The lowest BCUT2D eigenvalue weighted by molar-refractivity contribution is -0.619. The van der Waals surface area contributed by atoms with Crippen molar-refractivity contribution in [2.75, 3.05) is 19.8 Å². The van der Waals surface area contributed by atoms with E-state index in [9.17, 15) is 80.2 Å².